The minimum atomic E-state index is 0.677. The molecule has 1 fully saturated rings. The van der Waals surface area contributed by atoms with Crippen LogP contribution in [0.3, 0.4) is 0 Å². The molecule has 0 unspecified atom stereocenters. The van der Waals surface area contributed by atoms with Crippen LogP contribution >= 0.6 is 0 Å². The molecule has 0 aromatic heterocycles. The fraction of sp³-hybridized carbons (Fsp3) is 0.571. The Morgan fingerprint density at radius 3 is 2.56 bits per heavy atom. The van der Waals surface area contributed by atoms with Crippen LogP contribution < -0.4 is 14.8 Å². The average molecular weight is 250 g/mol. The van der Waals surface area contributed by atoms with Crippen molar-refractivity contribution in [2.24, 2.45) is 0 Å². The Balaban J connectivity index is 1.80. The van der Waals surface area contributed by atoms with E-state index in [1.807, 2.05) is 24.3 Å². The van der Waals surface area contributed by atoms with Crippen LogP contribution in [-0.2, 0) is 0 Å². The van der Waals surface area contributed by atoms with Crippen molar-refractivity contribution in [3.8, 4) is 11.5 Å². The second-order valence-electron chi connectivity index (χ2n) is 4.44. The molecule has 0 radical (unpaired) electrons. The van der Waals surface area contributed by atoms with E-state index in [2.05, 4.69) is 17.1 Å². The molecule has 1 aliphatic rings. The summed E-state index contributed by atoms with van der Waals surface area (Å²) >= 11 is 0. The van der Waals surface area contributed by atoms with Crippen molar-refractivity contribution >= 4 is 0 Å². The minimum absolute atomic E-state index is 0.677. The molecule has 18 heavy (non-hydrogen) atoms. The molecule has 4 heteroatoms. The summed E-state index contributed by atoms with van der Waals surface area (Å²) in [7, 11) is 1.67. The lowest BCUT2D eigenvalue weighted by molar-refractivity contribution is 0.127. The molecule has 0 saturated carbocycles. The summed E-state index contributed by atoms with van der Waals surface area (Å²) < 4.78 is 11.1. The predicted molar refractivity (Wildman–Crippen MR) is 72.4 cm³/mol. The normalized spacial score (nSPS) is 15.5. The Hall–Kier alpha value is -1.26. The van der Waals surface area contributed by atoms with E-state index in [0.717, 1.165) is 37.7 Å². The van der Waals surface area contributed by atoms with Gasteiger partial charge in [-0.3, -0.25) is 4.90 Å². The van der Waals surface area contributed by atoms with E-state index in [1.54, 1.807) is 7.11 Å². The second-order valence-corrected chi connectivity index (χ2v) is 4.44. The van der Waals surface area contributed by atoms with Crippen LogP contribution in [0, 0.1) is 0 Å². The van der Waals surface area contributed by atoms with Crippen molar-refractivity contribution < 1.29 is 9.47 Å². The third-order valence-electron chi connectivity index (χ3n) is 3.39. The highest BCUT2D eigenvalue weighted by atomic mass is 16.5. The molecule has 0 amide bonds. The number of nitrogens with one attached hydrogen (secondary N) is 1. The van der Waals surface area contributed by atoms with Gasteiger partial charge in [-0.1, -0.05) is 19.1 Å². The zero-order chi connectivity index (χ0) is 12.8. The highest BCUT2D eigenvalue weighted by molar-refractivity contribution is 5.39. The quantitative estimate of drug-likeness (QED) is 0.792. The van der Waals surface area contributed by atoms with Crippen LogP contribution in [0.2, 0.25) is 0 Å². The van der Waals surface area contributed by atoms with Gasteiger partial charge in [0.25, 0.3) is 0 Å². The van der Waals surface area contributed by atoms with Gasteiger partial charge in [0.1, 0.15) is 6.61 Å². The van der Waals surface area contributed by atoms with Crippen LogP contribution in [0.4, 0.5) is 0 Å². The summed E-state index contributed by atoms with van der Waals surface area (Å²) in [6.07, 6.45) is 0. The molecule has 100 valence electrons. The molecule has 1 N–H and O–H groups in total. The number of ether oxygens (including phenoxy) is 2. The molecule has 1 heterocycles. The largest absolute Gasteiger partial charge is 0.493 e. The molecule has 2 rings (SSSR count). The number of methoxy groups -OCH3 is 1. The number of para-hydroxylation sites is 2. The van der Waals surface area contributed by atoms with Gasteiger partial charge in [-0.2, -0.15) is 0 Å². The van der Waals surface area contributed by atoms with Gasteiger partial charge in [-0.25, -0.2) is 0 Å². The van der Waals surface area contributed by atoms with E-state index in [4.69, 9.17) is 9.47 Å². The summed E-state index contributed by atoms with van der Waals surface area (Å²) in [6, 6.07) is 8.45. The van der Waals surface area contributed by atoms with E-state index in [-0.39, 0.29) is 0 Å². The van der Waals surface area contributed by atoms with Crippen LogP contribution in [0.25, 0.3) is 0 Å². The zero-order valence-corrected chi connectivity index (χ0v) is 11.2. The Morgan fingerprint density at radius 2 is 2.00 bits per heavy atom. The number of hydrogen-bond acceptors (Lipinski definition) is 4. The maximum absolute atomic E-state index is 5.79. The Bertz CT molecular complexity index is 367. The first-order chi connectivity index (χ1) is 8.85. The summed E-state index contributed by atoms with van der Waals surface area (Å²) in [5, 5.41) is 3.30. The van der Waals surface area contributed by atoms with Crippen molar-refractivity contribution in [2.45, 2.75) is 13.0 Å². The Kier molecular flexibility index (Phi) is 4.84. The van der Waals surface area contributed by atoms with Crippen molar-refractivity contribution in [2.75, 3.05) is 39.9 Å². The van der Waals surface area contributed by atoms with Crippen molar-refractivity contribution in [1.29, 1.82) is 0 Å². The predicted octanol–water partition coefficient (Wildman–Crippen LogP) is 1.37. The molecule has 0 aliphatic carbocycles. The Labute approximate surface area is 109 Å². The average Bonchev–Trinajstić information content (AvgIpc) is 2.36. The topological polar surface area (TPSA) is 33.7 Å². The van der Waals surface area contributed by atoms with Crippen LogP contribution in [0.15, 0.2) is 24.3 Å². The van der Waals surface area contributed by atoms with E-state index < -0.39 is 0 Å². The number of hydrogen-bond donors (Lipinski definition) is 1. The summed E-state index contributed by atoms with van der Waals surface area (Å²) in [5.41, 5.74) is 0. The van der Waals surface area contributed by atoms with Crippen molar-refractivity contribution in [3.05, 3.63) is 24.3 Å². The van der Waals surface area contributed by atoms with Gasteiger partial charge in [0.15, 0.2) is 11.5 Å². The van der Waals surface area contributed by atoms with E-state index in [9.17, 15) is 0 Å². The number of nitrogens with zero attached hydrogens (tertiary/aromatic N) is 1. The SMILES string of the molecule is CCN(CCOc1ccccc1OC)C1CNC1. The van der Waals surface area contributed by atoms with Gasteiger partial charge >= 0.3 is 0 Å². The summed E-state index contributed by atoms with van der Waals surface area (Å²) in [6.45, 7) is 7.12. The second kappa shape index (κ2) is 6.61. The first kappa shape index (κ1) is 13.2. The van der Waals surface area contributed by atoms with Crippen LogP contribution in [0.1, 0.15) is 6.92 Å². The summed E-state index contributed by atoms with van der Waals surface area (Å²) in [4.78, 5) is 2.45. The van der Waals surface area contributed by atoms with Gasteiger partial charge < -0.3 is 14.8 Å². The van der Waals surface area contributed by atoms with Gasteiger partial charge in [0, 0.05) is 25.7 Å². The molecule has 1 aromatic carbocycles. The maximum Gasteiger partial charge on any atom is 0.161 e. The van der Waals surface area contributed by atoms with Crippen LogP contribution in [-0.4, -0.2) is 50.8 Å². The maximum atomic E-state index is 5.79. The zero-order valence-electron chi connectivity index (χ0n) is 11.2. The fourth-order valence-corrected chi connectivity index (χ4v) is 2.14. The number of likely N-dealkylation sites (N-methyl/N-ethyl adjacent to an activating group) is 1. The van der Waals surface area contributed by atoms with Gasteiger partial charge in [-0.05, 0) is 18.7 Å². The smallest absolute Gasteiger partial charge is 0.161 e. The number of rotatable bonds is 7. The Morgan fingerprint density at radius 1 is 1.28 bits per heavy atom. The molecular formula is C14H22N2O2. The summed E-state index contributed by atoms with van der Waals surface area (Å²) in [5.74, 6) is 1.62. The monoisotopic (exact) mass is 250 g/mol. The molecule has 1 saturated heterocycles. The van der Waals surface area contributed by atoms with E-state index in [0.29, 0.717) is 12.6 Å². The number of benzene rings is 1. The molecule has 4 nitrogen and oxygen atoms in total. The van der Waals surface area contributed by atoms with Gasteiger partial charge in [0.2, 0.25) is 0 Å². The first-order valence-corrected chi connectivity index (χ1v) is 6.55. The van der Waals surface area contributed by atoms with Gasteiger partial charge in [0.05, 0.1) is 7.11 Å². The highest BCUT2D eigenvalue weighted by Crippen LogP contribution is 2.25. The molecule has 0 spiro atoms. The molecule has 1 aliphatic heterocycles. The molecule has 0 bridgehead atoms. The van der Waals surface area contributed by atoms with Crippen LogP contribution in [0.5, 0.6) is 11.5 Å². The highest BCUT2D eigenvalue weighted by Gasteiger charge is 2.22. The standard InChI is InChI=1S/C14H22N2O2/c1-3-16(12-10-15-11-12)8-9-18-14-7-5-4-6-13(14)17-2/h4-7,12,15H,3,8-11H2,1-2H3. The lowest BCUT2D eigenvalue weighted by Gasteiger charge is -2.37. The lowest BCUT2D eigenvalue weighted by atomic mass is 10.1. The van der Waals surface area contributed by atoms with E-state index >= 15 is 0 Å². The lowest BCUT2D eigenvalue weighted by Crippen LogP contribution is -2.57. The third-order valence-corrected chi connectivity index (χ3v) is 3.39. The fourth-order valence-electron chi connectivity index (χ4n) is 2.14. The first-order valence-electron chi connectivity index (χ1n) is 6.55. The minimum Gasteiger partial charge on any atom is -0.493 e. The van der Waals surface area contributed by atoms with Crippen molar-refractivity contribution in [1.82, 2.24) is 10.2 Å². The van der Waals surface area contributed by atoms with E-state index in [1.165, 1.54) is 0 Å². The van der Waals surface area contributed by atoms with Gasteiger partial charge in [-0.15, -0.1) is 0 Å². The molecule has 1 aromatic rings. The molecular weight excluding hydrogens is 228 g/mol. The molecule has 0 atom stereocenters. The third kappa shape index (κ3) is 3.15. The van der Waals surface area contributed by atoms with Crippen molar-refractivity contribution in [3.63, 3.8) is 0 Å².